The van der Waals surface area contributed by atoms with Crippen molar-refractivity contribution in [1.82, 2.24) is 10.6 Å². The van der Waals surface area contributed by atoms with E-state index in [1.807, 2.05) is 6.92 Å². The van der Waals surface area contributed by atoms with E-state index >= 15 is 0 Å². The molecule has 0 bridgehead atoms. The standard InChI is InChI=1S/C12H20N2O/c1-3-10(4-2)13-9-12(15)14-11-7-5-6-8-11/h1,10-11,13H,4-9H2,2H3,(H,14,15). The molecule has 1 saturated carbocycles. The minimum Gasteiger partial charge on any atom is -0.352 e. The normalized spacial score (nSPS) is 18.4. The molecule has 1 atom stereocenters. The number of amides is 1. The van der Waals surface area contributed by atoms with E-state index in [9.17, 15) is 4.79 Å². The Morgan fingerprint density at radius 3 is 2.73 bits per heavy atom. The highest BCUT2D eigenvalue weighted by atomic mass is 16.1. The molecule has 0 spiro atoms. The van der Waals surface area contributed by atoms with Crippen LogP contribution >= 0.6 is 0 Å². The number of terminal acetylenes is 1. The summed E-state index contributed by atoms with van der Waals surface area (Å²) in [5, 5.41) is 6.06. The van der Waals surface area contributed by atoms with Crippen molar-refractivity contribution in [1.29, 1.82) is 0 Å². The highest BCUT2D eigenvalue weighted by Crippen LogP contribution is 2.17. The topological polar surface area (TPSA) is 41.1 Å². The van der Waals surface area contributed by atoms with Crippen molar-refractivity contribution in [3.05, 3.63) is 0 Å². The van der Waals surface area contributed by atoms with E-state index in [1.165, 1.54) is 12.8 Å². The van der Waals surface area contributed by atoms with Crippen LogP contribution in [0.4, 0.5) is 0 Å². The van der Waals surface area contributed by atoms with Crippen LogP contribution in [-0.4, -0.2) is 24.5 Å². The van der Waals surface area contributed by atoms with Gasteiger partial charge >= 0.3 is 0 Å². The van der Waals surface area contributed by atoms with E-state index in [0.717, 1.165) is 19.3 Å². The lowest BCUT2D eigenvalue weighted by atomic mass is 10.2. The fourth-order valence-electron chi connectivity index (χ4n) is 1.89. The summed E-state index contributed by atoms with van der Waals surface area (Å²) < 4.78 is 0. The first-order chi connectivity index (χ1) is 7.26. The second kappa shape index (κ2) is 6.47. The SMILES string of the molecule is C#CC(CC)NCC(=O)NC1CCCC1. The summed E-state index contributed by atoms with van der Waals surface area (Å²) in [6.45, 7) is 2.34. The van der Waals surface area contributed by atoms with E-state index < -0.39 is 0 Å². The molecule has 1 aliphatic rings. The summed E-state index contributed by atoms with van der Waals surface area (Å²) >= 11 is 0. The molecular weight excluding hydrogens is 188 g/mol. The summed E-state index contributed by atoms with van der Waals surface area (Å²) in [6.07, 6.45) is 10.9. The molecule has 1 amide bonds. The van der Waals surface area contributed by atoms with E-state index in [0.29, 0.717) is 12.6 Å². The van der Waals surface area contributed by atoms with Crippen molar-refractivity contribution >= 4 is 5.91 Å². The molecule has 1 unspecified atom stereocenters. The Morgan fingerprint density at radius 2 is 2.20 bits per heavy atom. The van der Waals surface area contributed by atoms with Crippen LogP contribution in [0.2, 0.25) is 0 Å². The molecule has 15 heavy (non-hydrogen) atoms. The van der Waals surface area contributed by atoms with Gasteiger partial charge in [0.1, 0.15) is 0 Å². The molecule has 0 radical (unpaired) electrons. The van der Waals surface area contributed by atoms with Crippen LogP contribution in [0.15, 0.2) is 0 Å². The highest BCUT2D eigenvalue weighted by molar-refractivity contribution is 5.78. The molecule has 0 aliphatic heterocycles. The van der Waals surface area contributed by atoms with Gasteiger partial charge in [0.25, 0.3) is 0 Å². The Morgan fingerprint density at radius 1 is 1.53 bits per heavy atom. The van der Waals surface area contributed by atoms with Crippen molar-refractivity contribution < 1.29 is 4.79 Å². The molecule has 3 heteroatoms. The molecule has 0 heterocycles. The summed E-state index contributed by atoms with van der Waals surface area (Å²) in [4.78, 5) is 11.5. The average molecular weight is 208 g/mol. The molecule has 0 saturated heterocycles. The maximum absolute atomic E-state index is 11.5. The van der Waals surface area contributed by atoms with Crippen molar-refractivity contribution in [2.24, 2.45) is 0 Å². The minimum absolute atomic E-state index is 0.0133. The second-order valence-corrected chi connectivity index (χ2v) is 4.06. The zero-order valence-corrected chi connectivity index (χ0v) is 9.38. The molecule has 84 valence electrons. The average Bonchev–Trinajstić information content (AvgIpc) is 2.72. The number of hydrogen-bond donors (Lipinski definition) is 2. The Labute approximate surface area is 92.0 Å². The van der Waals surface area contributed by atoms with Gasteiger partial charge in [-0.1, -0.05) is 25.7 Å². The zero-order valence-electron chi connectivity index (χ0n) is 9.38. The van der Waals surface area contributed by atoms with Gasteiger partial charge in [-0.2, -0.15) is 0 Å². The smallest absolute Gasteiger partial charge is 0.234 e. The van der Waals surface area contributed by atoms with Crippen LogP contribution in [0.25, 0.3) is 0 Å². The first kappa shape index (κ1) is 12.1. The third kappa shape index (κ3) is 4.35. The van der Waals surface area contributed by atoms with Gasteiger partial charge in [-0.05, 0) is 19.3 Å². The van der Waals surface area contributed by atoms with Crippen LogP contribution in [0.5, 0.6) is 0 Å². The summed E-state index contributed by atoms with van der Waals surface area (Å²) in [6, 6.07) is 0.407. The Kier molecular flexibility index (Phi) is 5.20. The molecule has 0 aromatic carbocycles. The third-order valence-corrected chi connectivity index (χ3v) is 2.84. The Balaban J connectivity index is 2.15. The van der Waals surface area contributed by atoms with Gasteiger partial charge in [0, 0.05) is 6.04 Å². The third-order valence-electron chi connectivity index (χ3n) is 2.84. The summed E-state index contributed by atoms with van der Waals surface area (Å²) in [5.74, 6) is 2.67. The van der Waals surface area contributed by atoms with Gasteiger partial charge in [0.05, 0.1) is 12.6 Å². The van der Waals surface area contributed by atoms with Crippen molar-refractivity contribution in [3.63, 3.8) is 0 Å². The van der Waals surface area contributed by atoms with Gasteiger partial charge in [0.2, 0.25) is 5.91 Å². The van der Waals surface area contributed by atoms with Gasteiger partial charge in [-0.25, -0.2) is 0 Å². The summed E-state index contributed by atoms with van der Waals surface area (Å²) in [5.41, 5.74) is 0. The highest BCUT2D eigenvalue weighted by Gasteiger charge is 2.16. The van der Waals surface area contributed by atoms with Crippen LogP contribution in [0.1, 0.15) is 39.0 Å². The maximum atomic E-state index is 11.5. The Bertz CT molecular complexity index is 238. The van der Waals surface area contributed by atoms with E-state index in [4.69, 9.17) is 6.42 Å². The molecule has 3 nitrogen and oxygen atoms in total. The van der Waals surface area contributed by atoms with Crippen molar-refractivity contribution in [2.45, 2.75) is 51.1 Å². The number of nitrogens with one attached hydrogen (secondary N) is 2. The van der Waals surface area contributed by atoms with E-state index in [2.05, 4.69) is 16.6 Å². The largest absolute Gasteiger partial charge is 0.352 e. The van der Waals surface area contributed by atoms with E-state index in [-0.39, 0.29) is 11.9 Å². The van der Waals surface area contributed by atoms with Crippen LogP contribution in [0, 0.1) is 12.3 Å². The lowest BCUT2D eigenvalue weighted by molar-refractivity contribution is -0.121. The lowest BCUT2D eigenvalue weighted by Crippen LogP contribution is -2.41. The predicted molar refractivity (Wildman–Crippen MR) is 61.3 cm³/mol. The van der Waals surface area contributed by atoms with Crippen molar-refractivity contribution in [2.75, 3.05) is 6.54 Å². The quantitative estimate of drug-likeness (QED) is 0.663. The van der Waals surface area contributed by atoms with Crippen LogP contribution < -0.4 is 10.6 Å². The first-order valence-electron chi connectivity index (χ1n) is 5.75. The fourth-order valence-corrected chi connectivity index (χ4v) is 1.89. The fraction of sp³-hybridized carbons (Fsp3) is 0.750. The van der Waals surface area contributed by atoms with Crippen LogP contribution in [-0.2, 0) is 4.79 Å². The summed E-state index contributed by atoms with van der Waals surface area (Å²) in [7, 11) is 0. The molecular formula is C12H20N2O. The predicted octanol–water partition coefficient (Wildman–Crippen LogP) is 1.05. The van der Waals surface area contributed by atoms with E-state index in [1.54, 1.807) is 0 Å². The van der Waals surface area contributed by atoms with Crippen LogP contribution in [0.3, 0.4) is 0 Å². The number of rotatable bonds is 5. The molecule has 1 fully saturated rings. The second-order valence-electron chi connectivity index (χ2n) is 4.06. The molecule has 1 aliphatic carbocycles. The molecule has 1 rings (SSSR count). The zero-order chi connectivity index (χ0) is 11.1. The van der Waals surface area contributed by atoms with Gasteiger partial charge in [-0.3, -0.25) is 10.1 Å². The first-order valence-corrected chi connectivity index (χ1v) is 5.75. The van der Waals surface area contributed by atoms with Gasteiger partial charge < -0.3 is 5.32 Å². The minimum atomic E-state index is 0.0133. The molecule has 2 N–H and O–H groups in total. The lowest BCUT2D eigenvalue weighted by Gasteiger charge is -2.14. The van der Waals surface area contributed by atoms with Gasteiger partial charge in [0.15, 0.2) is 0 Å². The molecule has 0 aromatic heterocycles. The number of hydrogen-bond acceptors (Lipinski definition) is 2. The number of carbonyl (C=O) groups excluding carboxylic acids is 1. The molecule has 0 aromatic rings. The monoisotopic (exact) mass is 208 g/mol. The van der Waals surface area contributed by atoms with Gasteiger partial charge in [-0.15, -0.1) is 6.42 Å². The number of carbonyl (C=O) groups is 1. The van der Waals surface area contributed by atoms with Crippen molar-refractivity contribution in [3.8, 4) is 12.3 Å². The maximum Gasteiger partial charge on any atom is 0.234 e. The Hall–Kier alpha value is -1.01.